The summed E-state index contributed by atoms with van der Waals surface area (Å²) in [5.41, 5.74) is 0.413. The minimum absolute atomic E-state index is 0.0808. The number of hydrogen-bond acceptors (Lipinski definition) is 4. The van der Waals surface area contributed by atoms with Gasteiger partial charge in [-0.2, -0.15) is 5.10 Å². The van der Waals surface area contributed by atoms with E-state index in [9.17, 15) is 9.59 Å². The highest BCUT2D eigenvalue weighted by Gasteiger charge is 2.23. The van der Waals surface area contributed by atoms with Crippen molar-refractivity contribution in [2.75, 3.05) is 40.3 Å². The summed E-state index contributed by atoms with van der Waals surface area (Å²) >= 11 is 0. The first-order valence-electron chi connectivity index (χ1n) is 8.28. The topological polar surface area (TPSA) is 70.5 Å². The summed E-state index contributed by atoms with van der Waals surface area (Å²) in [4.78, 5) is 27.6. The number of hydrogen-bond donors (Lipinski definition) is 1. The van der Waals surface area contributed by atoms with Crippen LogP contribution in [0.1, 0.15) is 42.7 Å². The number of piperidine rings is 1. The first kappa shape index (κ1) is 17.5. The molecule has 1 aliphatic heterocycles. The zero-order valence-corrected chi connectivity index (χ0v) is 14.3. The van der Waals surface area contributed by atoms with E-state index in [2.05, 4.69) is 10.4 Å². The Hall–Kier alpha value is -1.89. The maximum absolute atomic E-state index is 12.7. The molecule has 0 bridgehead atoms. The van der Waals surface area contributed by atoms with Crippen LogP contribution in [0.5, 0.6) is 0 Å². The van der Waals surface area contributed by atoms with Crippen molar-refractivity contribution in [3.05, 3.63) is 18.0 Å². The van der Waals surface area contributed by atoms with Crippen molar-refractivity contribution in [2.45, 2.75) is 32.2 Å². The van der Waals surface area contributed by atoms with E-state index in [0.29, 0.717) is 18.3 Å². The number of amides is 2. The number of aromatic nitrogens is 2. The molecule has 23 heavy (non-hydrogen) atoms. The molecule has 1 saturated heterocycles. The molecule has 0 spiro atoms. The average Bonchev–Trinajstić information content (AvgIpc) is 3.04. The lowest BCUT2D eigenvalue weighted by molar-refractivity contribution is -0.129. The fourth-order valence-corrected chi connectivity index (χ4v) is 2.70. The number of rotatable bonds is 6. The zero-order chi connectivity index (χ0) is 16.8. The van der Waals surface area contributed by atoms with Crippen molar-refractivity contribution < 1.29 is 9.59 Å². The largest absolute Gasteiger partial charge is 0.347 e. The molecule has 0 aromatic carbocycles. The summed E-state index contributed by atoms with van der Waals surface area (Å²) in [5.74, 6) is -0.257. The molecule has 128 valence electrons. The van der Waals surface area contributed by atoms with Gasteiger partial charge in [0.2, 0.25) is 5.91 Å². The fraction of sp³-hybridized carbons (Fsp3) is 0.688. The lowest BCUT2D eigenvalue weighted by Gasteiger charge is -2.24. The van der Waals surface area contributed by atoms with Crippen LogP contribution in [0.15, 0.2) is 12.3 Å². The smallest absolute Gasteiger partial charge is 0.274 e. The lowest BCUT2D eigenvalue weighted by atomic mass is 10.1. The van der Waals surface area contributed by atoms with Crippen LogP contribution in [0.2, 0.25) is 0 Å². The molecule has 0 aliphatic carbocycles. The van der Waals surface area contributed by atoms with Crippen molar-refractivity contribution in [1.29, 1.82) is 0 Å². The number of nitrogens with zero attached hydrogens (tertiary/aromatic N) is 4. The molecule has 7 heteroatoms. The second-order valence-electron chi connectivity index (χ2n) is 6.20. The second kappa shape index (κ2) is 8.10. The monoisotopic (exact) mass is 321 g/mol. The Balaban J connectivity index is 2.07. The Morgan fingerprint density at radius 1 is 1.43 bits per heavy atom. The van der Waals surface area contributed by atoms with Gasteiger partial charge in [0, 0.05) is 33.4 Å². The van der Waals surface area contributed by atoms with Gasteiger partial charge in [0.05, 0.1) is 6.04 Å². The molecule has 1 aliphatic rings. The molecule has 1 N–H and O–H groups in total. The van der Waals surface area contributed by atoms with Crippen LogP contribution in [0.25, 0.3) is 0 Å². The van der Waals surface area contributed by atoms with Crippen LogP contribution >= 0.6 is 0 Å². The van der Waals surface area contributed by atoms with Gasteiger partial charge >= 0.3 is 0 Å². The van der Waals surface area contributed by atoms with Crippen molar-refractivity contribution in [1.82, 2.24) is 24.9 Å². The minimum atomic E-state index is -0.176. The molecule has 2 heterocycles. The van der Waals surface area contributed by atoms with E-state index in [1.54, 1.807) is 25.1 Å². The quantitative estimate of drug-likeness (QED) is 0.839. The van der Waals surface area contributed by atoms with Gasteiger partial charge in [0.15, 0.2) is 0 Å². The average molecular weight is 321 g/mol. The molecular formula is C16H27N5O2. The van der Waals surface area contributed by atoms with E-state index in [-0.39, 0.29) is 18.4 Å². The molecule has 0 saturated carbocycles. The summed E-state index contributed by atoms with van der Waals surface area (Å²) in [5, 5.41) is 7.80. The van der Waals surface area contributed by atoms with Crippen molar-refractivity contribution in [3.8, 4) is 0 Å². The zero-order valence-electron chi connectivity index (χ0n) is 14.3. The third kappa shape index (κ3) is 4.54. The van der Waals surface area contributed by atoms with Gasteiger partial charge < -0.3 is 15.1 Å². The summed E-state index contributed by atoms with van der Waals surface area (Å²) in [6.07, 6.45) is 4.86. The van der Waals surface area contributed by atoms with Crippen LogP contribution in [0.3, 0.4) is 0 Å². The third-order valence-electron chi connectivity index (χ3n) is 4.08. The van der Waals surface area contributed by atoms with Crippen LogP contribution in [-0.2, 0) is 4.79 Å². The van der Waals surface area contributed by atoms with Gasteiger partial charge in [-0.3, -0.25) is 14.3 Å². The van der Waals surface area contributed by atoms with E-state index < -0.39 is 0 Å². The minimum Gasteiger partial charge on any atom is -0.347 e. The fourth-order valence-electron chi connectivity index (χ4n) is 2.70. The molecule has 1 atom stereocenters. The van der Waals surface area contributed by atoms with Crippen molar-refractivity contribution >= 4 is 11.8 Å². The first-order chi connectivity index (χ1) is 11.0. The second-order valence-corrected chi connectivity index (χ2v) is 6.20. The molecule has 1 aromatic heterocycles. The Morgan fingerprint density at radius 3 is 2.83 bits per heavy atom. The van der Waals surface area contributed by atoms with Crippen LogP contribution in [0, 0.1) is 0 Å². The van der Waals surface area contributed by atoms with E-state index in [1.807, 2.05) is 17.8 Å². The molecule has 1 unspecified atom stereocenters. The third-order valence-corrected chi connectivity index (χ3v) is 4.08. The maximum atomic E-state index is 12.7. The van der Waals surface area contributed by atoms with Crippen molar-refractivity contribution in [2.24, 2.45) is 0 Å². The SMILES string of the molecule is CCCN(CC(=O)N(C)C)C(=O)c1ccn(C2CCCNC2)n1. The highest BCUT2D eigenvalue weighted by molar-refractivity contribution is 5.94. The Bertz CT molecular complexity index is 534. The van der Waals surface area contributed by atoms with Crippen molar-refractivity contribution in [3.63, 3.8) is 0 Å². The van der Waals surface area contributed by atoms with Gasteiger partial charge in [0.25, 0.3) is 5.91 Å². The van der Waals surface area contributed by atoms with E-state index in [4.69, 9.17) is 0 Å². The normalized spacial score (nSPS) is 17.8. The number of nitrogens with one attached hydrogen (secondary N) is 1. The maximum Gasteiger partial charge on any atom is 0.274 e. The summed E-state index contributed by atoms with van der Waals surface area (Å²) in [6.45, 7) is 4.56. The molecule has 2 rings (SSSR count). The van der Waals surface area contributed by atoms with E-state index in [0.717, 1.165) is 32.4 Å². The molecule has 2 amide bonds. The van der Waals surface area contributed by atoms with Gasteiger partial charge in [-0.05, 0) is 31.9 Å². The Labute approximate surface area is 137 Å². The highest BCUT2D eigenvalue weighted by atomic mass is 16.2. The summed E-state index contributed by atoms with van der Waals surface area (Å²) in [6, 6.07) is 2.05. The number of carbonyl (C=O) groups excluding carboxylic acids is 2. The highest BCUT2D eigenvalue weighted by Crippen LogP contribution is 2.16. The van der Waals surface area contributed by atoms with Crippen LogP contribution in [0.4, 0.5) is 0 Å². The summed E-state index contributed by atoms with van der Waals surface area (Å²) in [7, 11) is 3.39. The molecule has 1 fully saturated rings. The van der Waals surface area contributed by atoms with Gasteiger partial charge in [-0.25, -0.2) is 0 Å². The van der Waals surface area contributed by atoms with Gasteiger partial charge in [-0.1, -0.05) is 6.92 Å². The van der Waals surface area contributed by atoms with Gasteiger partial charge in [0.1, 0.15) is 12.2 Å². The van der Waals surface area contributed by atoms with Crippen LogP contribution < -0.4 is 5.32 Å². The molecule has 1 aromatic rings. The van der Waals surface area contributed by atoms with E-state index in [1.165, 1.54) is 4.90 Å². The Kier molecular flexibility index (Phi) is 6.15. The predicted molar refractivity (Wildman–Crippen MR) is 88.3 cm³/mol. The number of likely N-dealkylation sites (N-methyl/N-ethyl adjacent to an activating group) is 1. The van der Waals surface area contributed by atoms with E-state index >= 15 is 0 Å². The van der Waals surface area contributed by atoms with Crippen LogP contribution in [-0.4, -0.2) is 71.7 Å². The molecule has 0 radical (unpaired) electrons. The standard InChI is InChI=1S/C16H27N5O2/c1-4-9-20(12-15(22)19(2)3)16(23)14-7-10-21(18-14)13-6-5-8-17-11-13/h7,10,13,17H,4-6,8-9,11-12H2,1-3H3. The lowest BCUT2D eigenvalue weighted by Crippen LogP contribution is -2.41. The predicted octanol–water partition coefficient (Wildman–Crippen LogP) is 0.748. The Morgan fingerprint density at radius 2 is 2.22 bits per heavy atom. The first-order valence-corrected chi connectivity index (χ1v) is 8.28. The summed E-state index contributed by atoms with van der Waals surface area (Å²) < 4.78 is 1.87. The number of carbonyl (C=O) groups is 2. The van der Waals surface area contributed by atoms with Gasteiger partial charge in [-0.15, -0.1) is 0 Å². The molecular weight excluding hydrogens is 294 g/mol. The molecule has 7 nitrogen and oxygen atoms in total.